The van der Waals surface area contributed by atoms with E-state index in [1.807, 2.05) is 0 Å². The molecule has 4 rings (SSSR count). The van der Waals surface area contributed by atoms with E-state index >= 15 is 0 Å². The topological polar surface area (TPSA) is 89.4 Å². The summed E-state index contributed by atoms with van der Waals surface area (Å²) in [6.45, 7) is 3.55. The van der Waals surface area contributed by atoms with E-state index in [9.17, 15) is 18.0 Å². The van der Waals surface area contributed by atoms with Gasteiger partial charge in [-0.1, -0.05) is 5.16 Å². The molecule has 11 heteroatoms. The fourth-order valence-electron chi connectivity index (χ4n) is 3.53. The summed E-state index contributed by atoms with van der Waals surface area (Å²) >= 11 is 0. The molecule has 1 aliphatic rings. The van der Waals surface area contributed by atoms with E-state index in [4.69, 9.17) is 0 Å². The molecule has 1 saturated heterocycles. The van der Waals surface area contributed by atoms with Crippen molar-refractivity contribution in [2.75, 3.05) is 6.54 Å². The Morgan fingerprint density at radius 3 is 2.68 bits per heavy atom. The number of rotatable bonds is 2. The monoisotopic (exact) mass is 394 g/mol. The Hall–Kier alpha value is -2.98. The van der Waals surface area contributed by atoms with Crippen LogP contribution >= 0.6 is 0 Å². The standard InChI is InChI=1S/C17H17F3N6O2/c1-9-7-13(17(18,19)20)26-14(21-9)8-11(22-26)12-5-3-4-6-25(12)16(27)15-10(2)23-28-24-15/h7-8,12H,3-6H2,1-2H3/t12-/m1/s1. The van der Waals surface area contributed by atoms with E-state index in [-0.39, 0.29) is 22.9 Å². The molecule has 0 saturated carbocycles. The Labute approximate surface area is 157 Å². The minimum Gasteiger partial charge on any atom is -0.328 e. The zero-order chi connectivity index (χ0) is 20.1. The molecule has 1 fully saturated rings. The molecule has 0 N–H and O–H groups in total. The van der Waals surface area contributed by atoms with Crippen molar-refractivity contribution in [1.82, 2.24) is 29.8 Å². The number of carbonyl (C=O) groups is 1. The Balaban J connectivity index is 1.77. The zero-order valence-electron chi connectivity index (χ0n) is 15.2. The molecule has 4 heterocycles. The van der Waals surface area contributed by atoms with E-state index < -0.39 is 17.9 Å². The van der Waals surface area contributed by atoms with Gasteiger partial charge >= 0.3 is 6.18 Å². The van der Waals surface area contributed by atoms with Gasteiger partial charge in [-0.3, -0.25) is 4.79 Å². The second kappa shape index (κ2) is 6.57. The number of aromatic nitrogens is 5. The van der Waals surface area contributed by atoms with Crippen molar-refractivity contribution >= 4 is 11.6 Å². The number of hydrogen-bond acceptors (Lipinski definition) is 6. The van der Waals surface area contributed by atoms with Crippen LogP contribution in [0.25, 0.3) is 5.65 Å². The van der Waals surface area contributed by atoms with Crippen LogP contribution in [0.1, 0.15) is 58.6 Å². The third kappa shape index (κ3) is 3.10. The van der Waals surface area contributed by atoms with E-state index in [2.05, 4.69) is 25.0 Å². The summed E-state index contributed by atoms with van der Waals surface area (Å²) in [5.74, 6) is -0.374. The molecule has 8 nitrogen and oxygen atoms in total. The Kier molecular flexibility index (Phi) is 4.31. The van der Waals surface area contributed by atoms with Crippen LogP contribution in [0, 0.1) is 13.8 Å². The first-order valence-corrected chi connectivity index (χ1v) is 8.80. The number of hydrogen-bond donors (Lipinski definition) is 0. The van der Waals surface area contributed by atoms with Crippen molar-refractivity contribution < 1.29 is 22.6 Å². The van der Waals surface area contributed by atoms with E-state index in [1.54, 1.807) is 11.8 Å². The highest BCUT2D eigenvalue weighted by Gasteiger charge is 2.37. The highest BCUT2D eigenvalue weighted by atomic mass is 19.4. The van der Waals surface area contributed by atoms with Crippen molar-refractivity contribution in [2.24, 2.45) is 0 Å². The molecular weight excluding hydrogens is 377 g/mol. The van der Waals surface area contributed by atoms with Gasteiger partial charge < -0.3 is 4.90 Å². The third-order valence-corrected chi connectivity index (χ3v) is 4.82. The molecule has 1 aliphatic heterocycles. The van der Waals surface area contributed by atoms with Crippen molar-refractivity contribution in [1.29, 1.82) is 0 Å². The fraction of sp³-hybridized carbons (Fsp3) is 0.471. The number of likely N-dealkylation sites (tertiary alicyclic amines) is 1. The molecule has 1 atom stereocenters. The number of fused-ring (bicyclic) bond motifs is 1. The number of alkyl halides is 3. The Morgan fingerprint density at radius 2 is 2.00 bits per heavy atom. The first kappa shape index (κ1) is 18.4. The lowest BCUT2D eigenvalue weighted by molar-refractivity contribution is -0.142. The number of piperidine rings is 1. The molecule has 0 aromatic carbocycles. The lowest BCUT2D eigenvalue weighted by atomic mass is 9.99. The molecule has 0 radical (unpaired) electrons. The summed E-state index contributed by atoms with van der Waals surface area (Å²) < 4.78 is 45.6. The number of halogens is 3. The molecule has 3 aromatic rings. The summed E-state index contributed by atoms with van der Waals surface area (Å²) in [5.41, 5.74) is 0.269. The molecule has 0 unspecified atom stereocenters. The lowest BCUT2D eigenvalue weighted by Gasteiger charge is -2.34. The van der Waals surface area contributed by atoms with Gasteiger partial charge in [0.05, 0.1) is 11.7 Å². The van der Waals surface area contributed by atoms with Crippen LogP contribution in [-0.2, 0) is 6.18 Å². The summed E-state index contributed by atoms with van der Waals surface area (Å²) in [6, 6.07) is 1.99. The van der Waals surface area contributed by atoms with Gasteiger partial charge in [0.2, 0.25) is 0 Å². The quantitative estimate of drug-likeness (QED) is 0.664. The van der Waals surface area contributed by atoms with Gasteiger partial charge in [-0.15, -0.1) is 0 Å². The lowest BCUT2D eigenvalue weighted by Crippen LogP contribution is -2.39. The van der Waals surface area contributed by atoms with Crippen LogP contribution in [-0.4, -0.2) is 42.3 Å². The van der Waals surface area contributed by atoms with Crippen LogP contribution in [0.15, 0.2) is 16.8 Å². The molecule has 3 aromatic heterocycles. The van der Waals surface area contributed by atoms with E-state index in [0.717, 1.165) is 23.4 Å². The highest BCUT2D eigenvalue weighted by molar-refractivity contribution is 5.93. The van der Waals surface area contributed by atoms with Crippen LogP contribution in [0.5, 0.6) is 0 Å². The van der Waals surface area contributed by atoms with Gasteiger partial charge in [-0.2, -0.15) is 18.3 Å². The second-order valence-corrected chi connectivity index (χ2v) is 6.83. The SMILES string of the molecule is Cc1cc(C(F)(F)F)n2nc([C@H]3CCCCN3C(=O)c3nonc3C)cc2n1. The van der Waals surface area contributed by atoms with E-state index in [0.29, 0.717) is 24.4 Å². The van der Waals surface area contributed by atoms with Gasteiger partial charge in [0.15, 0.2) is 11.3 Å². The van der Waals surface area contributed by atoms with Crippen molar-refractivity contribution in [3.05, 3.63) is 40.6 Å². The maximum atomic E-state index is 13.4. The molecule has 0 spiro atoms. The van der Waals surface area contributed by atoms with Crippen molar-refractivity contribution in [2.45, 2.75) is 45.3 Å². The zero-order valence-corrected chi connectivity index (χ0v) is 15.2. The predicted octanol–water partition coefficient (Wildman–Crippen LogP) is 3.12. The number of amides is 1. The smallest absolute Gasteiger partial charge is 0.328 e. The number of aryl methyl sites for hydroxylation is 2. The van der Waals surface area contributed by atoms with Gasteiger partial charge in [0.1, 0.15) is 11.4 Å². The largest absolute Gasteiger partial charge is 0.433 e. The average Bonchev–Trinajstić information content (AvgIpc) is 3.25. The van der Waals surface area contributed by atoms with Gasteiger partial charge in [-0.05, 0) is 44.3 Å². The first-order chi connectivity index (χ1) is 13.3. The van der Waals surface area contributed by atoms with Crippen LogP contribution in [0.4, 0.5) is 13.2 Å². The number of nitrogens with zero attached hydrogens (tertiary/aromatic N) is 6. The molecule has 1 amide bonds. The molecule has 28 heavy (non-hydrogen) atoms. The maximum absolute atomic E-state index is 13.4. The number of carbonyl (C=O) groups excluding carboxylic acids is 1. The van der Waals surface area contributed by atoms with E-state index in [1.165, 1.54) is 13.0 Å². The van der Waals surface area contributed by atoms with Crippen molar-refractivity contribution in [3.63, 3.8) is 0 Å². The highest BCUT2D eigenvalue weighted by Crippen LogP contribution is 2.34. The molecule has 0 aliphatic carbocycles. The van der Waals surface area contributed by atoms with Crippen molar-refractivity contribution in [3.8, 4) is 0 Å². The summed E-state index contributed by atoms with van der Waals surface area (Å²) in [5, 5.41) is 11.4. The minimum atomic E-state index is -4.57. The first-order valence-electron chi connectivity index (χ1n) is 8.80. The van der Waals surface area contributed by atoms with Crippen LogP contribution in [0.2, 0.25) is 0 Å². The van der Waals surface area contributed by atoms with Crippen LogP contribution < -0.4 is 0 Å². The fourth-order valence-corrected chi connectivity index (χ4v) is 3.53. The van der Waals surface area contributed by atoms with Gasteiger partial charge in [-0.25, -0.2) is 14.1 Å². The molecule has 148 valence electrons. The second-order valence-electron chi connectivity index (χ2n) is 6.83. The third-order valence-electron chi connectivity index (χ3n) is 4.82. The van der Waals surface area contributed by atoms with Crippen LogP contribution in [0.3, 0.4) is 0 Å². The summed E-state index contributed by atoms with van der Waals surface area (Å²) in [4.78, 5) is 18.6. The average molecular weight is 394 g/mol. The van der Waals surface area contributed by atoms with Gasteiger partial charge in [0.25, 0.3) is 5.91 Å². The Morgan fingerprint density at radius 1 is 1.21 bits per heavy atom. The molecule has 0 bridgehead atoms. The molecular formula is C17H17F3N6O2. The summed E-state index contributed by atoms with van der Waals surface area (Å²) in [6.07, 6.45) is -2.37. The Bertz CT molecular complexity index is 1040. The normalized spacial score (nSPS) is 18.0. The maximum Gasteiger partial charge on any atom is 0.433 e. The predicted molar refractivity (Wildman–Crippen MR) is 89.4 cm³/mol. The minimum absolute atomic E-state index is 0.0968. The summed E-state index contributed by atoms with van der Waals surface area (Å²) in [7, 11) is 0. The van der Waals surface area contributed by atoms with Gasteiger partial charge in [0, 0.05) is 18.3 Å².